The maximum absolute atomic E-state index is 13.2. The number of nitrogens with zero attached hydrogens (tertiary/aromatic N) is 3. The first-order valence-electron chi connectivity index (χ1n) is 9.93. The van der Waals surface area contributed by atoms with Gasteiger partial charge in [0.25, 0.3) is 5.91 Å². The predicted molar refractivity (Wildman–Crippen MR) is 122 cm³/mol. The molecule has 0 atom stereocenters. The fourth-order valence-corrected chi connectivity index (χ4v) is 4.16. The van der Waals surface area contributed by atoms with Gasteiger partial charge in [0.1, 0.15) is 0 Å². The summed E-state index contributed by atoms with van der Waals surface area (Å²) in [6, 6.07) is 14.7. The molecule has 5 rings (SSSR count). The van der Waals surface area contributed by atoms with Gasteiger partial charge in [0.15, 0.2) is 17.2 Å². The van der Waals surface area contributed by atoms with E-state index in [0.29, 0.717) is 34.3 Å². The zero-order valence-corrected chi connectivity index (χ0v) is 18.2. The topological polar surface area (TPSA) is 78.3 Å². The molecule has 4 aromatic rings. The molecule has 2 aromatic heterocycles. The van der Waals surface area contributed by atoms with Crippen LogP contribution in [0.3, 0.4) is 0 Å². The summed E-state index contributed by atoms with van der Waals surface area (Å²) in [4.78, 5) is 17.2. The first-order valence-corrected chi connectivity index (χ1v) is 10.3. The number of methoxy groups -OCH3 is 2. The number of rotatable bonds is 5. The number of pyridine rings is 1. The van der Waals surface area contributed by atoms with Gasteiger partial charge < -0.3 is 14.8 Å². The molecular weight excluding hydrogens is 428 g/mol. The Kier molecular flexibility index (Phi) is 5.03. The molecule has 1 amide bonds. The monoisotopic (exact) mass is 446 g/mol. The van der Waals surface area contributed by atoms with Crippen LogP contribution >= 0.6 is 11.6 Å². The average Bonchev–Trinajstić information content (AvgIpc) is 3.35. The van der Waals surface area contributed by atoms with Crippen LogP contribution in [0.1, 0.15) is 21.6 Å². The van der Waals surface area contributed by atoms with Crippen molar-refractivity contribution in [3.8, 4) is 28.4 Å². The number of nitrogens with one attached hydrogen (secondary N) is 1. The highest BCUT2D eigenvalue weighted by Gasteiger charge is 2.32. The lowest BCUT2D eigenvalue weighted by Gasteiger charge is -2.12. The molecule has 0 spiro atoms. The van der Waals surface area contributed by atoms with Gasteiger partial charge in [-0.1, -0.05) is 17.7 Å². The standard InChI is InChI=1S/C24H19ClN4O3/c1-31-20-11-14-10-19-22(24(30)27-16-6-8-26-9-7-16)28-29(17-5-3-4-15(25)12-17)23(19)18(14)13-21(20)32-2/h3-9,11-13H,10H2,1-2H3,(H,26,27,30). The van der Waals surface area contributed by atoms with Crippen molar-refractivity contribution in [2.75, 3.05) is 19.5 Å². The molecule has 7 nitrogen and oxygen atoms in total. The van der Waals surface area contributed by atoms with Crippen LogP contribution in [0.2, 0.25) is 5.02 Å². The van der Waals surface area contributed by atoms with Crippen LogP contribution in [0.25, 0.3) is 16.9 Å². The maximum Gasteiger partial charge on any atom is 0.276 e. The van der Waals surface area contributed by atoms with Crippen molar-refractivity contribution in [2.45, 2.75) is 6.42 Å². The number of carbonyl (C=O) groups excluding carboxylic acids is 1. The number of amides is 1. The van der Waals surface area contributed by atoms with Crippen LogP contribution < -0.4 is 14.8 Å². The molecule has 32 heavy (non-hydrogen) atoms. The van der Waals surface area contributed by atoms with E-state index < -0.39 is 0 Å². The molecule has 0 bridgehead atoms. The molecule has 1 N–H and O–H groups in total. The number of aromatic nitrogens is 3. The number of benzene rings is 2. The van der Waals surface area contributed by atoms with E-state index in [1.54, 1.807) is 49.5 Å². The van der Waals surface area contributed by atoms with E-state index in [0.717, 1.165) is 28.1 Å². The van der Waals surface area contributed by atoms with Crippen molar-refractivity contribution in [1.29, 1.82) is 0 Å². The van der Waals surface area contributed by atoms with Gasteiger partial charge in [0.2, 0.25) is 0 Å². The van der Waals surface area contributed by atoms with E-state index in [4.69, 9.17) is 26.2 Å². The van der Waals surface area contributed by atoms with Crippen LogP contribution in [0.5, 0.6) is 11.5 Å². The zero-order valence-electron chi connectivity index (χ0n) is 17.4. The van der Waals surface area contributed by atoms with E-state index in [9.17, 15) is 4.79 Å². The molecule has 0 fully saturated rings. The Bertz CT molecular complexity index is 1330. The summed E-state index contributed by atoms with van der Waals surface area (Å²) in [5.74, 6) is 0.960. The Balaban J connectivity index is 1.68. The molecule has 2 heterocycles. The average molecular weight is 447 g/mol. The van der Waals surface area contributed by atoms with E-state index in [-0.39, 0.29) is 5.91 Å². The third-order valence-corrected chi connectivity index (χ3v) is 5.66. The number of ether oxygens (including phenoxy) is 2. The van der Waals surface area contributed by atoms with Crippen LogP contribution in [0, 0.1) is 0 Å². The molecule has 8 heteroatoms. The van der Waals surface area contributed by atoms with Crippen molar-refractivity contribution in [1.82, 2.24) is 14.8 Å². The summed E-state index contributed by atoms with van der Waals surface area (Å²) >= 11 is 6.25. The number of carbonyl (C=O) groups is 1. The molecule has 1 aliphatic carbocycles. The second-order valence-electron chi connectivity index (χ2n) is 7.30. The van der Waals surface area contributed by atoms with Crippen molar-refractivity contribution < 1.29 is 14.3 Å². The number of hydrogen-bond acceptors (Lipinski definition) is 5. The van der Waals surface area contributed by atoms with Crippen LogP contribution in [-0.4, -0.2) is 34.9 Å². The number of fused-ring (bicyclic) bond motifs is 3. The summed E-state index contributed by atoms with van der Waals surface area (Å²) in [6.45, 7) is 0. The smallest absolute Gasteiger partial charge is 0.276 e. The fraction of sp³-hybridized carbons (Fsp3) is 0.125. The summed E-state index contributed by atoms with van der Waals surface area (Å²) in [7, 11) is 3.20. The number of hydrogen-bond donors (Lipinski definition) is 1. The highest BCUT2D eigenvalue weighted by molar-refractivity contribution is 6.30. The van der Waals surface area contributed by atoms with Crippen molar-refractivity contribution in [3.63, 3.8) is 0 Å². The number of halogens is 1. The summed E-state index contributed by atoms with van der Waals surface area (Å²) in [5.41, 5.74) is 5.40. The van der Waals surface area contributed by atoms with Gasteiger partial charge in [-0.05, 0) is 48.0 Å². The second kappa shape index (κ2) is 8.01. The van der Waals surface area contributed by atoms with Crippen molar-refractivity contribution in [3.05, 3.63) is 82.8 Å². The Morgan fingerprint density at radius 2 is 1.81 bits per heavy atom. The predicted octanol–water partition coefficient (Wildman–Crippen LogP) is 4.76. The van der Waals surface area contributed by atoms with Gasteiger partial charge in [0.05, 0.1) is 25.6 Å². The summed E-state index contributed by atoms with van der Waals surface area (Å²) in [5, 5.41) is 8.18. The molecule has 160 valence electrons. The van der Waals surface area contributed by atoms with Crippen molar-refractivity contribution in [2.24, 2.45) is 0 Å². The summed E-state index contributed by atoms with van der Waals surface area (Å²) in [6.07, 6.45) is 3.79. The van der Waals surface area contributed by atoms with Gasteiger partial charge in [-0.3, -0.25) is 9.78 Å². The van der Waals surface area contributed by atoms with Crippen LogP contribution in [-0.2, 0) is 6.42 Å². The van der Waals surface area contributed by atoms with Gasteiger partial charge in [-0.15, -0.1) is 0 Å². The van der Waals surface area contributed by atoms with Gasteiger partial charge in [0, 0.05) is 40.7 Å². The largest absolute Gasteiger partial charge is 0.493 e. The third-order valence-electron chi connectivity index (χ3n) is 5.42. The highest BCUT2D eigenvalue weighted by Crippen LogP contribution is 2.45. The van der Waals surface area contributed by atoms with E-state index in [1.165, 1.54) is 0 Å². The molecule has 0 saturated heterocycles. The molecule has 0 unspecified atom stereocenters. The van der Waals surface area contributed by atoms with Gasteiger partial charge >= 0.3 is 0 Å². The first kappa shape index (κ1) is 20.1. The van der Waals surface area contributed by atoms with E-state index in [2.05, 4.69) is 10.3 Å². The minimum atomic E-state index is -0.292. The van der Waals surface area contributed by atoms with Gasteiger partial charge in [-0.2, -0.15) is 5.10 Å². The molecular formula is C24H19ClN4O3. The minimum Gasteiger partial charge on any atom is -0.493 e. The second-order valence-corrected chi connectivity index (χ2v) is 7.74. The number of anilines is 1. The molecule has 0 saturated carbocycles. The molecule has 0 radical (unpaired) electrons. The Morgan fingerprint density at radius 3 is 2.53 bits per heavy atom. The molecule has 2 aromatic carbocycles. The lowest BCUT2D eigenvalue weighted by molar-refractivity contribution is 0.102. The summed E-state index contributed by atoms with van der Waals surface area (Å²) < 4.78 is 12.8. The van der Waals surface area contributed by atoms with Crippen molar-refractivity contribution >= 4 is 23.2 Å². The normalized spacial score (nSPS) is 11.6. The Morgan fingerprint density at radius 1 is 1.06 bits per heavy atom. The third kappa shape index (κ3) is 3.36. The maximum atomic E-state index is 13.2. The lowest BCUT2D eigenvalue weighted by Crippen LogP contribution is -2.15. The quantitative estimate of drug-likeness (QED) is 0.421. The Hall–Kier alpha value is -3.84. The minimum absolute atomic E-state index is 0.292. The van der Waals surface area contributed by atoms with Crippen LogP contribution in [0.4, 0.5) is 5.69 Å². The SMILES string of the molecule is COc1cc2c(cc1OC)-c1c(c(C(=O)Nc3ccncc3)nn1-c1cccc(Cl)c1)C2. The van der Waals surface area contributed by atoms with Crippen LogP contribution in [0.15, 0.2) is 60.9 Å². The van der Waals surface area contributed by atoms with Gasteiger partial charge in [-0.25, -0.2) is 4.68 Å². The molecule has 1 aliphatic rings. The van der Waals surface area contributed by atoms with E-state index in [1.807, 2.05) is 30.3 Å². The Labute approximate surface area is 189 Å². The van der Waals surface area contributed by atoms with E-state index >= 15 is 0 Å². The highest BCUT2D eigenvalue weighted by atomic mass is 35.5. The lowest BCUT2D eigenvalue weighted by atomic mass is 10.1. The molecule has 0 aliphatic heterocycles. The zero-order chi connectivity index (χ0) is 22.2. The first-order chi connectivity index (χ1) is 15.6. The fourth-order valence-electron chi connectivity index (χ4n) is 3.98.